The fourth-order valence-corrected chi connectivity index (χ4v) is 5.21. The Labute approximate surface area is 232 Å². The van der Waals surface area contributed by atoms with Gasteiger partial charge in [-0.1, -0.05) is 0 Å². The molecule has 1 saturated carbocycles. The fourth-order valence-electron chi connectivity index (χ4n) is 5.21. The molecular weight excluding hydrogens is 516 g/mol. The number of nitrogens with one attached hydrogen (secondary N) is 1. The zero-order valence-corrected chi connectivity index (χ0v) is 22.6. The van der Waals surface area contributed by atoms with Crippen LogP contribution in [0.4, 0.5) is 16.4 Å². The average Bonchev–Trinajstić information content (AvgIpc) is 3.49. The second-order valence-electron chi connectivity index (χ2n) is 10.2. The number of nitrogens with zero attached hydrogens (tertiary/aromatic N) is 5. The van der Waals surface area contributed by atoms with Gasteiger partial charge in [0.25, 0.3) is 5.91 Å². The van der Waals surface area contributed by atoms with Crippen LogP contribution in [0, 0.1) is 11.3 Å². The second kappa shape index (κ2) is 12.0. The van der Waals surface area contributed by atoms with E-state index in [2.05, 4.69) is 21.4 Å². The molecule has 12 nitrogen and oxygen atoms in total. The summed E-state index contributed by atoms with van der Waals surface area (Å²) in [5.74, 6) is 0.818. The Morgan fingerprint density at radius 1 is 1.27 bits per heavy atom. The quantitative estimate of drug-likeness (QED) is 0.492. The first-order valence-electron chi connectivity index (χ1n) is 13.4. The third-order valence-electron chi connectivity index (χ3n) is 7.57. The highest BCUT2D eigenvalue weighted by molar-refractivity contribution is 6.01. The number of hydrogen-bond donors (Lipinski definition) is 1. The lowest BCUT2D eigenvalue weighted by Crippen LogP contribution is -2.42. The predicted octanol–water partition coefficient (Wildman–Crippen LogP) is 2.84. The van der Waals surface area contributed by atoms with E-state index in [1.807, 2.05) is 6.07 Å². The molecule has 2 aromatic rings. The van der Waals surface area contributed by atoms with Gasteiger partial charge in [-0.2, -0.15) is 5.26 Å². The molecule has 2 aromatic heterocycles. The van der Waals surface area contributed by atoms with Crippen LogP contribution in [-0.4, -0.2) is 78.7 Å². The summed E-state index contributed by atoms with van der Waals surface area (Å²) < 4.78 is 16.9. The van der Waals surface area contributed by atoms with Crippen LogP contribution in [0.2, 0.25) is 0 Å². The normalized spacial score (nSPS) is 21.5. The number of anilines is 2. The van der Waals surface area contributed by atoms with E-state index >= 15 is 0 Å². The van der Waals surface area contributed by atoms with Crippen molar-refractivity contribution in [1.82, 2.24) is 14.9 Å². The summed E-state index contributed by atoms with van der Waals surface area (Å²) in [4.78, 5) is 49.8. The molecule has 0 aromatic carbocycles. The number of aldehydes is 1. The monoisotopic (exact) mass is 548 g/mol. The highest BCUT2D eigenvalue weighted by Gasteiger charge is 2.34. The van der Waals surface area contributed by atoms with Gasteiger partial charge in [-0.05, 0) is 50.2 Å². The van der Waals surface area contributed by atoms with Crippen LogP contribution in [0.1, 0.15) is 59.3 Å². The van der Waals surface area contributed by atoms with Crippen molar-refractivity contribution in [3.63, 3.8) is 0 Å². The molecular formula is C28H32N6O6. The maximum Gasteiger partial charge on any atom is 0.328 e. The van der Waals surface area contributed by atoms with Gasteiger partial charge in [0.1, 0.15) is 46.9 Å². The number of aryl methyl sites for hydroxylation is 1. The summed E-state index contributed by atoms with van der Waals surface area (Å²) in [5.41, 5.74) is 1.86. The van der Waals surface area contributed by atoms with Crippen LogP contribution >= 0.6 is 0 Å². The van der Waals surface area contributed by atoms with Gasteiger partial charge in [0.05, 0.1) is 12.3 Å². The van der Waals surface area contributed by atoms with Crippen molar-refractivity contribution in [2.75, 3.05) is 37.5 Å². The van der Waals surface area contributed by atoms with Crippen molar-refractivity contribution >= 4 is 29.9 Å². The number of hydrogen-bond acceptors (Lipinski definition) is 9. The lowest BCUT2D eigenvalue weighted by Gasteiger charge is -2.35. The number of pyridine rings is 2. The largest absolute Gasteiger partial charge is 0.486 e. The van der Waals surface area contributed by atoms with E-state index in [0.29, 0.717) is 55.8 Å². The minimum atomic E-state index is -0.467. The molecule has 2 fully saturated rings. The number of carbonyl (C=O) groups excluding carboxylic acids is 3. The molecule has 12 heteroatoms. The van der Waals surface area contributed by atoms with Crippen LogP contribution in [0.15, 0.2) is 18.3 Å². The molecule has 40 heavy (non-hydrogen) atoms. The number of amides is 3. The number of aromatic nitrogens is 2. The van der Waals surface area contributed by atoms with E-state index in [1.54, 1.807) is 19.1 Å². The Morgan fingerprint density at radius 3 is 2.77 bits per heavy atom. The fraction of sp³-hybridized carbons (Fsp3) is 0.500. The number of methoxy groups -OCH3 is 1. The molecule has 210 valence electrons. The molecule has 0 unspecified atom stereocenters. The predicted molar refractivity (Wildman–Crippen MR) is 143 cm³/mol. The number of carbonyl (C=O) groups is 3. The molecule has 0 spiro atoms. The van der Waals surface area contributed by atoms with Crippen molar-refractivity contribution in [1.29, 1.82) is 5.26 Å². The first kappa shape index (κ1) is 27.5. The average molecular weight is 549 g/mol. The molecule has 3 atom stereocenters. The Hall–Kier alpha value is -4.08. The highest BCUT2D eigenvalue weighted by atomic mass is 16.5. The van der Waals surface area contributed by atoms with Crippen LogP contribution in [0.25, 0.3) is 0 Å². The molecule has 5 rings (SSSR count). The van der Waals surface area contributed by atoms with Crippen LogP contribution in [0.3, 0.4) is 0 Å². The summed E-state index contributed by atoms with van der Waals surface area (Å²) in [6, 6.07) is 4.98. The first-order valence-corrected chi connectivity index (χ1v) is 13.4. The molecule has 3 aliphatic rings. The van der Waals surface area contributed by atoms with Gasteiger partial charge in [0.15, 0.2) is 6.29 Å². The molecule has 0 radical (unpaired) electrons. The summed E-state index contributed by atoms with van der Waals surface area (Å²) in [6.07, 6.45) is 5.94. The van der Waals surface area contributed by atoms with Crippen LogP contribution in [-0.2, 0) is 27.2 Å². The van der Waals surface area contributed by atoms with Gasteiger partial charge in [0.2, 0.25) is 0 Å². The van der Waals surface area contributed by atoms with Crippen molar-refractivity contribution in [3.8, 4) is 11.8 Å². The smallest absolute Gasteiger partial charge is 0.328 e. The van der Waals surface area contributed by atoms with Crippen molar-refractivity contribution in [3.05, 3.63) is 40.7 Å². The Balaban J connectivity index is 1.32. The molecule has 3 amide bonds. The number of ether oxygens (including phenoxy) is 3. The Morgan fingerprint density at radius 2 is 2.10 bits per heavy atom. The number of rotatable bonds is 8. The van der Waals surface area contributed by atoms with Gasteiger partial charge >= 0.3 is 6.03 Å². The topological polar surface area (TPSA) is 147 Å². The SMILES string of the molecule is CO[C@H]1CC[C@H]1Oc1cc(NC(=O)N2CCCc3cc(CN(C)C(=O)[C@H]4CCCO4)c(C=O)nc32)ncc1C#N. The van der Waals surface area contributed by atoms with E-state index < -0.39 is 12.1 Å². The molecule has 0 bridgehead atoms. The number of fused-ring (bicyclic) bond motifs is 1. The first-order chi connectivity index (χ1) is 19.4. The maximum atomic E-state index is 13.3. The van der Waals surface area contributed by atoms with Crippen molar-refractivity contribution < 1.29 is 28.6 Å². The second-order valence-corrected chi connectivity index (χ2v) is 10.2. The summed E-state index contributed by atoms with van der Waals surface area (Å²) in [5, 5.41) is 12.3. The standard InChI is InChI=1S/C28H32N6O6/c1-33(27(36)23-6-4-10-39-23)15-18-11-17-5-3-9-34(26(17)31-20(18)16-35)28(37)32-25-12-24(19(13-29)14-30-25)40-22-8-7-21(22)38-2/h11-12,14,16,21-23H,3-10,15H2,1-2H3,(H,30,32,37)/t21-,22+,23+/m0/s1. The number of nitriles is 1. The lowest BCUT2D eigenvalue weighted by atomic mass is 9.92. The van der Waals surface area contributed by atoms with Crippen LogP contribution < -0.4 is 15.0 Å². The minimum Gasteiger partial charge on any atom is -0.486 e. The van der Waals surface area contributed by atoms with E-state index in [9.17, 15) is 19.6 Å². The zero-order valence-electron chi connectivity index (χ0n) is 22.6. The summed E-state index contributed by atoms with van der Waals surface area (Å²) in [7, 11) is 3.30. The van der Waals surface area contributed by atoms with Gasteiger partial charge < -0.3 is 19.1 Å². The third kappa shape index (κ3) is 5.61. The minimum absolute atomic E-state index is 0.0421. The highest BCUT2D eigenvalue weighted by Crippen LogP contribution is 2.32. The van der Waals surface area contributed by atoms with E-state index in [4.69, 9.17) is 14.2 Å². The van der Waals surface area contributed by atoms with E-state index in [1.165, 1.54) is 17.2 Å². The third-order valence-corrected chi connectivity index (χ3v) is 7.57. The molecule has 4 heterocycles. The van der Waals surface area contributed by atoms with Crippen molar-refractivity contribution in [2.45, 2.75) is 63.4 Å². The lowest BCUT2D eigenvalue weighted by molar-refractivity contribution is -0.140. The molecule has 1 aliphatic carbocycles. The maximum absolute atomic E-state index is 13.3. The summed E-state index contributed by atoms with van der Waals surface area (Å²) >= 11 is 0. The Kier molecular flexibility index (Phi) is 8.23. The van der Waals surface area contributed by atoms with Gasteiger partial charge in [-0.15, -0.1) is 0 Å². The molecule has 1 N–H and O–H groups in total. The van der Waals surface area contributed by atoms with Crippen molar-refractivity contribution in [2.24, 2.45) is 0 Å². The van der Waals surface area contributed by atoms with Crippen LogP contribution in [0.5, 0.6) is 5.75 Å². The molecule has 2 aliphatic heterocycles. The number of likely N-dealkylation sites (N-methyl/N-ethyl adjacent to an activating group) is 1. The Bertz CT molecular complexity index is 1340. The summed E-state index contributed by atoms with van der Waals surface area (Å²) in [6.45, 7) is 1.18. The molecule has 1 saturated heterocycles. The van der Waals surface area contributed by atoms with Gasteiger partial charge in [-0.25, -0.2) is 14.8 Å². The number of urea groups is 1. The van der Waals surface area contributed by atoms with Gasteiger partial charge in [0, 0.05) is 45.5 Å². The van der Waals surface area contributed by atoms with E-state index in [-0.39, 0.29) is 41.7 Å². The zero-order chi connectivity index (χ0) is 28.2. The van der Waals surface area contributed by atoms with Gasteiger partial charge in [-0.3, -0.25) is 19.8 Å². The van der Waals surface area contributed by atoms with E-state index in [0.717, 1.165) is 24.8 Å².